The van der Waals surface area contributed by atoms with Gasteiger partial charge in [-0.05, 0) is 36.5 Å². The summed E-state index contributed by atoms with van der Waals surface area (Å²) in [6.45, 7) is 8.00. The van der Waals surface area contributed by atoms with Crippen LogP contribution in [-0.4, -0.2) is 30.7 Å². The van der Waals surface area contributed by atoms with Crippen LogP contribution < -0.4 is 9.47 Å². The van der Waals surface area contributed by atoms with Gasteiger partial charge in [-0.2, -0.15) is 0 Å². The molecule has 1 aromatic carbocycles. The van der Waals surface area contributed by atoms with Crippen molar-refractivity contribution in [2.24, 2.45) is 5.92 Å². The fourth-order valence-electron chi connectivity index (χ4n) is 2.70. The molecule has 0 radical (unpaired) electrons. The molecule has 1 heterocycles. The molecule has 1 aromatic rings. The van der Waals surface area contributed by atoms with E-state index in [-0.39, 0.29) is 0 Å². The first kappa shape index (κ1) is 14.2. The summed E-state index contributed by atoms with van der Waals surface area (Å²) in [7, 11) is 0. The Balaban J connectivity index is 1.78. The van der Waals surface area contributed by atoms with Crippen molar-refractivity contribution < 1.29 is 9.47 Å². The Bertz CT molecular complexity index is 486. The zero-order chi connectivity index (χ0) is 14.1. The van der Waals surface area contributed by atoms with Crippen LogP contribution in [0.3, 0.4) is 0 Å². The maximum Gasteiger partial charge on any atom is 0.162 e. The number of rotatable bonds is 5. The fourth-order valence-corrected chi connectivity index (χ4v) is 3.15. The average Bonchev–Trinajstić information content (AvgIpc) is 3.22. The summed E-state index contributed by atoms with van der Waals surface area (Å²) in [6.07, 6.45) is 2.68. The Morgan fingerprint density at radius 2 is 1.85 bits per heavy atom. The lowest BCUT2D eigenvalue weighted by Crippen LogP contribution is -2.29. The first-order chi connectivity index (χ1) is 9.63. The van der Waals surface area contributed by atoms with Crippen LogP contribution in [0.4, 0.5) is 0 Å². The number of nitrogens with zero attached hydrogens (tertiary/aromatic N) is 1. The van der Waals surface area contributed by atoms with Gasteiger partial charge in [-0.1, -0.05) is 29.8 Å². The molecule has 0 bridgehead atoms. The summed E-state index contributed by atoms with van der Waals surface area (Å²) in [5, 5.41) is 0. The van der Waals surface area contributed by atoms with Crippen LogP contribution in [-0.2, 0) is 6.54 Å². The topological polar surface area (TPSA) is 21.7 Å². The van der Waals surface area contributed by atoms with Gasteiger partial charge < -0.3 is 9.47 Å². The molecule has 3 nitrogen and oxygen atoms in total. The van der Waals surface area contributed by atoms with E-state index in [2.05, 4.69) is 40.7 Å². The molecule has 0 N–H and O–H groups in total. The highest BCUT2D eigenvalue weighted by Gasteiger charge is 2.30. The minimum absolute atomic E-state index is 0.639. The monoisotopic (exact) mass is 339 g/mol. The Hall–Kier alpha value is -0.740. The molecule has 0 unspecified atom stereocenters. The molecular weight excluding hydrogens is 318 g/mol. The first-order valence-corrected chi connectivity index (χ1v) is 8.25. The molecule has 1 aliphatic carbocycles. The van der Waals surface area contributed by atoms with Crippen molar-refractivity contribution in [3.05, 3.63) is 22.2 Å². The third-order valence-corrected chi connectivity index (χ3v) is 4.49. The van der Waals surface area contributed by atoms with Gasteiger partial charge in [-0.3, -0.25) is 4.90 Å². The van der Waals surface area contributed by atoms with E-state index < -0.39 is 0 Å². The molecule has 2 aliphatic rings. The summed E-state index contributed by atoms with van der Waals surface area (Å²) in [4.78, 5) is 2.60. The quantitative estimate of drug-likeness (QED) is 0.813. The highest BCUT2D eigenvalue weighted by atomic mass is 79.9. The van der Waals surface area contributed by atoms with E-state index in [4.69, 9.17) is 9.47 Å². The van der Waals surface area contributed by atoms with Crippen molar-refractivity contribution in [2.75, 3.05) is 19.8 Å². The molecule has 0 spiro atoms. The van der Waals surface area contributed by atoms with E-state index in [1.54, 1.807) is 0 Å². The van der Waals surface area contributed by atoms with Gasteiger partial charge in [-0.15, -0.1) is 0 Å². The average molecular weight is 340 g/mol. The zero-order valence-electron chi connectivity index (χ0n) is 12.2. The lowest BCUT2D eigenvalue weighted by atomic mass is 10.1. The Morgan fingerprint density at radius 1 is 1.20 bits per heavy atom. The third kappa shape index (κ3) is 3.29. The van der Waals surface area contributed by atoms with Gasteiger partial charge in [0.2, 0.25) is 0 Å². The zero-order valence-corrected chi connectivity index (χ0v) is 13.8. The van der Waals surface area contributed by atoms with Crippen molar-refractivity contribution in [3.8, 4) is 11.5 Å². The normalized spacial score (nSPS) is 17.9. The number of fused-ring (bicyclic) bond motifs is 1. The van der Waals surface area contributed by atoms with E-state index in [9.17, 15) is 0 Å². The Labute approximate surface area is 129 Å². The van der Waals surface area contributed by atoms with E-state index in [1.165, 1.54) is 18.4 Å². The summed E-state index contributed by atoms with van der Waals surface area (Å²) < 4.78 is 12.4. The highest BCUT2D eigenvalue weighted by molar-refractivity contribution is 9.10. The molecule has 0 saturated heterocycles. The molecule has 0 amide bonds. The largest absolute Gasteiger partial charge is 0.486 e. The highest BCUT2D eigenvalue weighted by Crippen LogP contribution is 2.37. The summed E-state index contributed by atoms with van der Waals surface area (Å²) in [6, 6.07) is 4.95. The number of ether oxygens (including phenoxy) is 2. The van der Waals surface area contributed by atoms with Gasteiger partial charge in [0, 0.05) is 23.6 Å². The van der Waals surface area contributed by atoms with Crippen LogP contribution in [0.5, 0.6) is 11.5 Å². The van der Waals surface area contributed by atoms with Crippen LogP contribution in [0.2, 0.25) is 0 Å². The fraction of sp³-hybridized carbons (Fsp3) is 0.625. The van der Waals surface area contributed by atoms with Crippen molar-refractivity contribution in [3.63, 3.8) is 0 Å². The number of halogens is 1. The van der Waals surface area contributed by atoms with Gasteiger partial charge >= 0.3 is 0 Å². The van der Waals surface area contributed by atoms with E-state index in [0.29, 0.717) is 19.1 Å². The maximum absolute atomic E-state index is 5.69. The van der Waals surface area contributed by atoms with Crippen molar-refractivity contribution in [1.29, 1.82) is 0 Å². The van der Waals surface area contributed by atoms with Crippen LogP contribution in [0.1, 0.15) is 32.3 Å². The second-order valence-corrected chi connectivity index (χ2v) is 7.00. The molecule has 1 aliphatic heterocycles. The predicted molar refractivity (Wildman–Crippen MR) is 83.4 cm³/mol. The molecular formula is C16H22BrNO2. The Morgan fingerprint density at radius 3 is 2.45 bits per heavy atom. The minimum atomic E-state index is 0.639. The van der Waals surface area contributed by atoms with Gasteiger partial charge in [0.15, 0.2) is 11.5 Å². The first-order valence-electron chi connectivity index (χ1n) is 7.45. The van der Waals surface area contributed by atoms with Crippen molar-refractivity contribution in [1.82, 2.24) is 4.90 Å². The molecule has 4 heteroatoms. The van der Waals surface area contributed by atoms with Crippen molar-refractivity contribution in [2.45, 2.75) is 39.3 Å². The standard InChI is InChI=1S/C16H22BrNO2/c1-11(2)9-18(13-3-4-13)10-12-7-15-16(8-14(12)17)20-6-5-19-15/h7-8,11,13H,3-6,9-10H2,1-2H3. The Kier molecular flexibility index (Phi) is 4.22. The maximum atomic E-state index is 5.69. The van der Waals surface area contributed by atoms with Gasteiger partial charge in [0.1, 0.15) is 13.2 Å². The predicted octanol–water partition coefficient (Wildman–Crippen LogP) is 3.84. The summed E-state index contributed by atoms with van der Waals surface area (Å²) in [5.41, 5.74) is 1.29. The number of benzene rings is 1. The molecule has 0 atom stereocenters. The van der Waals surface area contributed by atoms with E-state index in [0.717, 1.165) is 35.1 Å². The molecule has 3 rings (SSSR count). The summed E-state index contributed by atoms with van der Waals surface area (Å²) in [5.74, 6) is 2.44. The van der Waals surface area contributed by atoms with Crippen LogP contribution in [0.15, 0.2) is 16.6 Å². The second-order valence-electron chi connectivity index (χ2n) is 6.14. The van der Waals surface area contributed by atoms with Gasteiger partial charge in [-0.25, -0.2) is 0 Å². The lowest BCUT2D eigenvalue weighted by Gasteiger charge is -2.26. The van der Waals surface area contributed by atoms with E-state index in [1.807, 2.05) is 6.07 Å². The van der Waals surface area contributed by atoms with Gasteiger partial charge in [0.05, 0.1) is 0 Å². The number of hydrogen-bond acceptors (Lipinski definition) is 3. The van der Waals surface area contributed by atoms with Gasteiger partial charge in [0.25, 0.3) is 0 Å². The molecule has 110 valence electrons. The van der Waals surface area contributed by atoms with Crippen molar-refractivity contribution >= 4 is 15.9 Å². The van der Waals surface area contributed by atoms with E-state index >= 15 is 0 Å². The van der Waals surface area contributed by atoms with Crippen LogP contribution in [0, 0.1) is 5.92 Å². The lowest BCUT2D eigenvalue weighted by molar-refractivity contribution is 0.170. The van der Waals surface area contributed by atoms with Crippen LogP contribution in [0.25, 0.3) is 0 Å². The van der Waals surface area contributed by atoms with Crippen LogP contribution >= 0.6 is 15.9 Å². The second kappa shape index (κ2) is 5.94. The molecule has 20 heavy (non-hydrogen) atoms. The molecule has 0 aromatic heterocycles. The number of hydrogen-bond donors (Lipinski definition) is 0. The SMILES string of the molecule is CC(C)CN(Cc1cc2c(cc1Br)OCCO2)C1CC1. The summed E-state index contributed by atoms with van der Waals surface area (Å²) >= 11 is 3.68. The molecule has 1 saturated carbocycles. The third-order valence-electron chi connectivity index (χ3n) is 3.75. The minimum Gasteiger partial charge on any atom is -0.486 e. The molecule has 1 fully saturated rings. The smallest absolute Gasteiger partial charge is 0.162 e.